The summed E-state index contributed by atoms with van der Waals surface area (Å²) in [6.45, 7) is 1.79. The molecule has 0 spiro atoms. The van der Waals surface area contributed by atoms with Crippen molar-refractivity contribution in [1.82, 2.24) is 5.32 Å². The van der Waals surface area contributed by atoms with Crippen LogP contribution in [0.4, 0.5) is 4.39 Å². The van der Waals surface area contributed by atoms with E-state index in [9.17, 15) is 14.0 Å². The van der Waals surface area contributed by atoms with Gasteiger partial charge in [-0.1, -0.05) is 12.1 Å². The third-order valence-electron chi connectivity index (χ3n) is 3.41. The lowest BCUT2D eigenvalue weighted by Crippen LogP contribution is -2.37. The van der Waals surface area contributed by atoms with Crippen molar-refractivity contribution in [1.29, 1.82) is 0 Å². The van der Waals surface area contributed by atoms with Gasteiger partial charge in [0.2, 0.25) is 5.91 Å². The van der Waals surface area contributed by atoms with Gasteiger partial charge in [-0.3, -0.25) is 9.59 Å². The number of benzene rings is 1. The third kappa shape index (κ3) is 3.94. The van der Waals surface area contributed by atoms with Gasteiger partial charge in [0.25, 0.3) is 5.91 Å². The number of aryl methyl sites for hydroxylation is 1. The highest BCUT2D eigenvalue weighted by Gasteiger charge is 2.19. The largest absolute Gasteiger partial charge is 0.469 e. The molecule has 1 heterocycles. The van der Waals surface area contributed by atoms with Crippen LogP contribution in [0.1, 0.15) is 21.7 Å². The molecule has 1 atom stereocenters. The molecule has 0 saturated heterocycles. The molecule has 2 amide bonds. The minimum Gasteiger partial charge on any atom is -0.469 e. The highest BCUT2D eigenvalue weighted by Crippen LogP contribution is 2.11. The van der Waals surface area contributed by atoms with Gasteiger partial charge in [0, 0.05) is 6.54 Å². The predicted octanol–water partition coefficient (Wildman–Crippen LogP) is 1.80. The maximum atomic E-state index is 12.9. The third-order valence-corrected chi connectivity index (χ3v) is 3.41. The van der Waals surface area contributed by atoms with Gasteiger partial charge in [0.1, 0.15) is 11.6 Å². The highest BCUT2D eigenvalue weighted by atomic mass is 19.1. The zero-order valence-corrected chi connectivity index (χ0v) is 12.1. The van der Waals surface area contributed by atoms with Crippen LogP contribution >= 0.6 is 0 Å². The normalized spacial score (nSPS) is 11.9. The van der Waals surface area contributed by atoms with Crippen molar-refractivity contribution in [2.45, 2.75) is 13.3 Å². The quantitative estimate of drug-likeness (QED) is 0.853. The Bertz CT molecular complexity index is 664. The summed E-state index contributed by atoms with van der Waals surface area (Å²) >= 11 is 0. The topological polar surface area (TPSA) is 85.3 Å². The minimum absolute atomic E-state index is 0.107. The Kier molecular flexibility index (Phi) is 4.93. The van der Waals surface area contributed by atoms with Crippen molar-refractivity contribution in [3.05, 3.63) is 59.3 Å². The Morgan fingerprint density at radius 3 is 2.50 bits per heavy atom. The standard InChI is InChI=1S/C16H17FN2O3/c1-10-14(6-7-22-10)16(21)19-9-12(15(18)20)8-11-2-4-13(17)5-3-11/h2-7,12H,8-9H2,1H3,(H2,18,20)(H,19,21)/t12-/m1/s1. The molecule has 2 rings (SSSR count). The molecule has 0 saturated carbocycles. The number of furan rings is 1. The molecule has 1 aromatic carbocycles. The smallest absolute Gasteiger partial charge is 0.254 e. The monoisotopic (exact) mass is 304 g/mol. The molecule has 22 heavy (non-hydrogen) atoms. The van der Waals surface area contributed by atoms with E-state index >= 15 is 0 Å². The second kappa shape index (κ2) is 6.89. The highest BCUT2D eigenvalue weighted by molar-refractivity contribution is 5.95. The molecular weight excluding hydrogens is 287 g/mol. The fourth-order valence-corrected chi connectivity index (χ4v) is 2.11. The number of nitrogens with one attached hydrogen (secondary N) is 1. The van der Waals surface area contributed by atoms with Crippen LogP contribution < -0.4 is 11.1 Å². The van der Waals surface area contributed by atoms with Gasteiger partial charge in [0.05, 0.1) is 17.7 Å². The van der Waals surface area contributed by atoms with Crippen LogP contribution in [0, 0.1) is 18.7 Å². The average Bonchev–Trinajstić information content (AvgIpc) is 2.91. The molecule has 0 aliphatic carbocycles. The minimum atomic E-state index is -0.568. The zero-order valence-electron chi connectivity index (χ0n) is 12.1. The SMILES string of the molecule is Cc1occc1C(=O)NC[C@@H](Cc1ccc(F)cc1)C(N)=O. The summed E-state index contributed by atoms with van der Waals surface area (Å²) in [4.78, 5) is 23.5. The van der Waals surface area contributed by atoms with Crippen molar-refractivity contribution >= 4 is 11.8 Å². The number of rotatable bonds is 6. The van der Waals surface area contributed by atoms with E-state index in [1.165, 1.54) is 18.4 Å². The van der Waals surface area contributed by atoms with Gasteiger partial charge in [-0.2, -0.15) is 0 Å². The summed E-state index contributed by atoms with van der Waals surface area (Å²) in [6, 6.07) is 7.38. The Labute approximate surface area is 127 Å². The number of carbonyl (C=O) groups is 2. The molecule has 1 aromatic heterocycles. The molecule has 0 fully saturated rings. The summed E-state index contributed by atoms with van der Waals surface area (Å²) in [6.07, 6.45) is 1.76. The Morgan fingerprint density at radius 2 is 1.95 bits per heavy atom. The first-order chi connectivity index (χ1) is 10.5. The van der Waals surface area contributed by atoms with Gasteiger partial charge in [-0.25, -0.2) is 4.39 Å². The van der Waals surface area contributed by atoms with Crippen LogP contribution in [-0.2, 0) is 11.2 Å². The molecule has 116 valence electrons. The molecular formula is C16H17FN2O3. The first-order valence-corrected chi connectivity index (χ1v) is 6.83. The molecule has 0 bridgehead atoms. The maximum Gasteiger partial charge on any atom is 0.254 e. The Hall–Kier alpha value is -2.63. The average molecular weight is 304 g/mol. The van der Waals surface area contributed by atoms with Crippen LogP contribution in [0.25, 0.3) is 0 Å². The lowest BCUT2D eigenvalue weighted by Gasteiger charge is -2.14. The van der Waals surface area contributed by atoms with E-state index in [4.69, 9.17) is 10.2 Å². The number of halogens is 1. The summed E-state index contributed by atoms with van der Waals surface area (Å²) in [5.74, 6) is -1.25. The van der Waals surface area contributed by atoms with E-state index in [2.05, 4.69) is 5.32 Å². The molecule has 0 unspecified atom stereocenters. The van der Waals surface area contributed by atoms with Crippen LogP contribution in [0.2, 0.25) is 0 Å². The summed E-state index contributed by atoms with van der Waals surface area (Å²) in [5, 5.41) is 2.67. The summed E-state index contributed by atoms with van der Waals surface area (Å²) in [5.41, 5.74) is 6.56. The van der Waals surface area contributed by atoms with Crippen molar-refractivity contribution in [2.75, 3.05) is 6.54 Å². The second-order valence-electron chi connectivity index (χ2n) is 5.03. The number of hydrogen-bond acceptors (Lipinski definition) is 3. The van der Waals surface area contributed by atoms with E-state index < -0.39 is 11.8 Å². The molecule has 0 aliphatic rings. The molecule has 3 N–H and O–H groups in total. The molecule has 0 aliphatic heterocycles. The van der Waals surface area contributed by atoms with Gasteiger partial charge < -0.3 is 15.5 Å². The van der Waals surface area contributed by atoms with Crippen molar-refractivity contribution in [3.63, 3.8) is 0 Å². The number of amides is 2. The van der Waals surface area contributed by atoms with E-state index in [1.807, 2.05) is 0 Å². The first kappa shape index (κ1) is 15.8. The number of nitrogens with two attached hydrogens (primary N) is 1. The Morgan fingerprint density at radius 1 is 1.27 bits per heavy atom. The molecule has 5 nitrogen and oxygen atoms in total. The van der Waals surface area contributed by atoms with E-state index in [0.29, 0.717) is 17.7 Å². The lowest BCUT2D eigenvalue weighted by atomic mass is 9.98. The van der Waals surface area contributed by atoms with Gasteiger partial charge in [0.15, 0.2) is 0 Å². The summed E-state index contributed by atoms with van der Waals surface area (Å²) < 4.78 is 17.9. The molecule has 0 radical (unpaired) electrons. The van der Waals surface area contributed by atoms with Crippen LogP contribution in [0.5, 0.6) is 0 Å². The number of carbonyl (C=O) groups excluding carboxylic acids is 2. The first-order valence-electron chi connectivity index (χ1n) is 6.83. The van der Waals surface area contributed by atoms with Crippen LogP contribution in [-0.4, -0.2) is 18.4 Å². The molecule has 6 heteroatoms. The van der Waals surface area contributed by atoms with E-state index in [1.54, 1.807) is 25.1 Å². The van der Waals surface area contributed by atoms with Crippen LogP contribution in [0.3, 0.4) is 0 Å². The lowest BCUT2D eigenvalue weighted by molar-refractivity contribution is -0.121. The van der Waals surface area contributed by atoms with Gasteiger partial charge in [-0.05, 0) is 37.1 Å². The molecule has 2 aromatic rings. The van der Waals surface area contributed by atoms with E-state index in [-0.39, 0.29) is 18.3 Å². The van der Waals surface area contributed by atoms with Crippen molar-refractivity contribution in [3.8, 4) is 0 Å². The summed E-state index contributed by atoms with van der Waals surface area (Å²) in [7, 11) is 0. The maximum absolute atomic E-state index is 12.9. The van der Waals surface area contributed by atoms with Crippen molar-refractivity contribution in [2.24, 2.45) is 11.7 Å². The zero-order chi connectivity index (χ0) is 16.1. The van der Waals surface area contributed by atoms with Crippen molar-refractivity contribution < 1.29 is 18.4 Å². The van der Waals surface area contributed by atoms with Gasteiger partial charge >= 0.3 is 0 Å². The van der Waals surface area contributed by atoms with Gasteiger partial charge in [-0.15, -0.1) is 0 Å². The fourth-order valence-electron chi connectivity index (χ4n) is 2.11. The predicted molar refractivity (Wildman–Crippen MR) is 78.6 cm³/mol. The number of primary amides is 1. The van der Waals surface area contributed by atoms with Crippen LogP contribution in [0.15, 0.2) is 41.0 Å². The Balaban J connectivity index is 1.97. The van der Waals surface area contributed by atoms with E-state index in [0.717, 1.165) is 5.56 Å². The fraction of sp³-hybridized carbons (Fsp3) is 0.250. The second-order valence-corrected chi connectivity index (χ2v) is 5.03. The number of hydrogen-bond donors (Lipinski definition) is 2.